The minimum absolute atomic E-state index is 0. The number of rotatable bonds is 4. The summed E-state index contributed by atoms with van der Waals surface area (Å²) in [5, 5.41) is 0. The molecule has 27 heavy (non-hydrogen) atoms. The van der Waals surface area contributed by atoms with Crippen molar-refractivity contribution in [3.05, 3.63) is 60.2 Å². The smallest absolute Gasteiger partial charge is 0.264 e. The van der Waals surface area contributed by atoms with Crippen LogP contribution < -0.4 is 10.0 Å². The predicted molar refractivity (Wildman–Crippen MR) is 109 cm³/mol. The van der Waals surface area contributed by atoms with Crippen LogP contribution in [0.15, 0.2) is 59.5 Å². The monoisotopic (exact) mass is 409 g/mol. The highest BCUT2D eigenvalue weighted by molar-refractivity contribution is 7.92. The fourth-order valence-electron chi connectivity index (χ4n) is 3.01. The maximum atomic E-state index is 12.9. The Morgan fingerprint density at radius 2 is 1.70 bits per heavy atom. The lowest BCUT2D eigenvalue weighted by molar-refractivity contribution is 0.0714. The number of anilines is 1. The van der Waals surface area contributed by atoms with Crippen molar-refractivity contribution in [3.63, 3.8) is 0 Å². The van der Waals surface area contributed by atoms with Gasteiger partial charge < -0.3 is 10.6 Å². The van der Waals surface area contributed by atoms with Gasteiger partial charge in [-0.3, -0.25) is 9.10 Å². The van der Waals surface area contributed by atoms with Crippen LogP contribution in [-0.2, 0) is 10.0 Å². The number of likely N-dealkylation sites (tertiary alicyclic amines) is 1. The van der Waals surface area contributed by atoms with E-state index in [1.54, 1.807) is 41.3 Å². The number of nitrogens with zero attached hydrogens (tertiary/aromatic N) is 2. The van der Waals surface area contributed by atoms with Crippen LogP contribution in [0.25, 0.3) is 0 Å². The minimum atomic E-state index is -3.74. The van der Waals surface area contributed by atoms with Gasteiger partial charge in [0.05, 0.1) is 10.6 Å². The Hall–Kier alpha value is -2.09. The quantitative estimate of drug-likeness (QED) is 0.840. The van der Waals surface area contributed by atoms with Gasteiger partial charge in [-0.2, -0.15) is 0 Å². The molecule has 146 valence electrons. The average Bonchev–Trinajstić information content (AvgIpc) is 2.68. The maximum absolute atomic E-state index is 12.9. The molecule has 1 heterocycles. The van der Waals surface area contributed by atoms with Crippen molar-refractivity contribution >= 4 is 34.0 Å². The third-order valence-corrected chi connectivity index (χ3v) is 6.47. The highest BCUT2D eigenvalue weighted by atomic mass is 35.5. The molecule has 0 radical (unpaired) electrons. The van der Waals surface area contributed by atoms with Gasteiger partial charge in [0.2, 0.25) is 0 Å². The van der Waals surface area contributed by atoms with Gasteiger partial charge in [-0.05, 0) is 43.2 Å². The molecule has 6 nitrogen and oxygen atoms in total. The lowest BCUT2D eigenvalue weighted by atomic mass is 10.0. The van der Waals surface area contributed by atoms with Gasteiger partial charge in [-0.15, -0.1) is 12.4 Å². The van der Waals surface area contributed by atoms with Crippen molar-refractivity contribution in [3.8, 4) is 0 Å². The van der Waals surface area contributed by atoms with Crippen LogP contribution in [0, 0.1) is 0 Å². The summed E-state index contributed by atoms with van der Waals surface area (Å²) in [6.45, 7) is 1.20. The molecule has 1 amide bonds. The Labute approximate surface area is 166 Å². The zero-order valence-corrected chi connectivity index (χ0v) is 16.7. The van der Waals surface area contributed by atoms with E-state index in [2.05, 4.69) is 0 Å². The van der Waals surface area contributed by atoms with E-state index in [9.17, 15) is 13.2 Å². The van der Waals surface area contributed by atoms with Gasteiger partial charge in [0.15, 0.2) is 0 Å². The lowest BCUT2D eigenvalue weighted by Gasteiger charge is -2.30. The molecule has 0 unspecified atom stereocenters. The van der Waals surface area contributed by atoms with Crippen molar-refractivity contribution in [2.45, 2.75) is 23.8 Å². The van der Waals surface area contributed by atoms with Crippen LogP contribution in [0.3, 0.4) is 0 Å². The Bertz CT molecular complexity index is 882. The van der Waals surface area contributed by atoms with Gasteiger partial charge in [0.25, 0.3) is 15.9 Å². The first kappa shape index (κ1) is 21.2. The summed E-state index contributed by atoms with van der Waals surface area (Å²) in [5.41, 5.74) is 6.82. The second kappa shape index (κ2) is 8.73. The lowest BCUT2D eigenvalue weighted by Crippen LogP contribution is -2.42. The summed E-state index contributed by atoms with van der Waals surface area (Å²) in [6, 6.07) is 15.2. The number of hydrogen-bond acceptors (Lipinski definition) is 4. The molecular weight excluding hydrogens is 386 g/mol. The molecule has 2 aromatic rings. The number of halogens is 1. The molecule has 0 spiro atoms. The molecule has 1 fully saturated rings. The van der Waals surface area contributed by atoms with Gasteiger partial charge >= 0.3 is 0 Å². The third kappa shape index (κ3) is 4.61. The van der Waals surface area contributed by atoms with E-state index < -0.39 is 10.0 Å². The first-order valence-electron chi connectivity index (χ1n) is 8.58. The number of nitrogens with two attached hydrogens (primary N) is 1. The minimum Gasteiger partial charge on any atom is -0.339 e. The molecule has 0 saturated carbocycles. The molecular formula is C19H24ClN3O3S. The predicted octanol–water partition coefficient (Wildman–Crippen LogP) is 2.50. The third-order valence-electron chi connectivity index (χ3n) is 4.69. The maximum Gasteiger partial charge on any atom is 0.264 e. The number of amides is 1. The Kier molecular flexibility index (Phi) is 6.86. The first-order valence-corrected chi connectivity index (χ1v) is 10.0. The molecule has 0 atom stereocenters. The van der Waals surface area contributed by atoms with Crippen LogP contribution in [0.4, 0.5) is 5.69 Å². The van der Waals surface area contributed by atoms with E-state index in [1.807, 2.05) is 6.07 Å². The van der Waals surface area contributed by atoms with E-state index in [0.29, 0.717) is 24.3 Å². The summed E-state index contributed by atoms with van der Waals surface area (Å²) >= 11 is 0. The van der Waals surface area contributed by atoms with Gasteiger partial charge in [-0.1, -0.05) is 24.3 Å². The number of carbonyl (C=O) groups excluding carboxylic acids is 1. The largest absolute Gasteiger partial charge is 0.339 e. The molecule has 0 aliphatic carbocycles. The SMILES string of the molecule is CN(c1ccccc1)S(=O)(=O)c1cccc(C(=O)N2CCC(N)CC2)c1.Cl. The zero-order chi connectivity index (χ0) is 18.7. The Morgan fingerprint density at radius 3 is 2.33 bits per heavy atom. The number of carbonyl (C=O) groups is 1. The summed E-state index contributed by atoms with van der Waals surface area (Å²) < 4.78 is 27.0. The topological polar surface area (TPSA) is 83.7 Å². The van der Waals surface area contributed by atoms with Crippen LogP contribution in [0.5, 0.6) is 0 Å². The highest BCUT2D eigenvalue weighted by Gasteiger charge is 2.25. The number of sulfonamides is 1. The fourth-order valence-corrected chi connectivity index (χ4v) is 4.25. The van der Waals surface area contributed by atoms with E-state index in [0.717, 1.165) is 12.8 Å². The Morgan fingerprint density at radius 1 is 1.07 bits per heavy atom. The van der Waals surface area contributed by atoms with Crippen LogP contribution in [0.1, 0.15) is 23.2 Å². The fraction of sp³-hybridized carbons (Fsp3) is 0.316. The highest BCUT2D eigenvalue weighted by Crippen LogP contribution is 2.23. The van der Waals surface area contributed by atoms with Gasteiger partial charge in [0.1, 0.15) is 0 Å². The standard InChI is InChI=1S/C19H23N3O3S.ClH/c1-21(17-7-3-2-4-8-17)26(24,25)18-9-5-6-15(14-18)19(23)22-12-10-16(20)11-13-22;/h2-9,14,16H,10-13,20H2,1H3;1H. The average molecular weight is 410 g/mol. The molecule has 2 N–H and O–H groups in total. The number of piperidine rings is 1. The van der Waals surface area contributed by atoms with E-state index in [1.165, 1.54) is 23.5 Å². The summed E-state index contributed by atoms with van der Waals surface area (Å²) in [6.07, 6.45) is 1.53. The second-order valence-electron chi connectivity index (χ2n) is 6.47. The summed E-state index contributed by atoms with van der Waals surface area (Å²) in [7, 11) is -2.24. The second-order valence-corrected chi connectivity index (χ2v) is 8.43. The van der Waals surface area contributed by atoms with Crippen LogP contribution in [0.2, 0.25) is 0 Å². The van der Waals surface area contributed by atoms with Crippen molar-refractivity contribution in [1.82, 2.24) is 4.90 Å². The van der Waals surface area contributed by atoms with Crippen molar-refractivity contribution < 1.29 is 13.2 Å². The molecule has 1 aliphatic heterocycles. The molecule has 8 heteroatoms. The normalized spacial score (nSPS) is 15.1. The van der Waals surface area contributed by atoms with Crippen LogP contribution in [-0.4, -0.2) is 45.4 Å². The summed E-state index contributed by atoms with van der Waals surface area (Å²) in [5.74, 6) is -0.156. The molecule has 3 rings (SSSR count). The zero-order valence-electron chi connectivity index (χ0n) is 15.1. The Balaban J connectivity index is 0.00000261. The molecule has 0 aromatic heterocycles. The first-order chi connectivity index (χ1) is 12.4. The van der Waals surface area contributed by atoms with Crippen molar-refractivity contribution in [1.29, 1.82) is 0 Å². The van der Waals surface area contributed by atoms with Gasteiger partial charge in [0, 0.05) is 31.7 Å². The molecule has 0 bridgehead atoms. The van der Waals surface area contributed by atoms with E-state index >= 15 is 0 Å². The van der Waals surface area contributed by atoms with Gasteiger partial charge in [-0.25, -0.2) is 8.42 Å². The number of para-hydroxylation sites is 1. The van der Waals surface area contributed by atoms with Crippen molar-refractivity contribution in [2.24, 2.45) is 5.73 Å². The summed E-state index contributed by atoms with van der Waals surface area (Å²) in [4.78, 5) is 14.5. The van der Waals surface area contributed by atoms with E-state index in [4.69, 9.17) is 5.73 Å². The molecule has 2 aromatic carbocycles. The van der Waals surface area contributed by atoms with Crippen LogP contribution >= 0.6 is 12.4 Å². The van der Waals surface area contributed by atoms with Crippen molar-refractivity contribution in [2.75, 3.05) is 24.4 Å². The molecule has 1 aliphatic rings. The van der Waals surface area contributed by atoms with E-state index in [-0.39, 0.29) is 29.3 Å². The number of benzene rings is 2. The molecule has 1 saturated heterocycles. The number of hydrogen-bond donors (Lipinski definition) is 1.